The van der Waals surface area contributed by atoms with Gasteiger partial charge in [-0.2, -0.15) is 0 Å². The lowest BCUT2D eigenvalue weighted by atomic mass is 9.80. The van der Waals surface area contributed by atoms with Crippen molar-refractivity contribution in [1.29, 1.82) is 0 Å². The van der Waals surface area contributed by atoms with E-state index in [4.69, 9.17) is 20.3 Å². The first kappa shape index (κ1) is 21.0. The predicted octanol–water partition coefficient (Wildman–Crippen LogP) is 3.37. The molecule has 1 saturated carbocycles. The molecule has 1 saturated heterocycles. The van der Waals surface area contributed by atoms with Gasteiger partial charge in [-0.3, -0.25) is 4.57 Å². The van der Waals surface area contributed by atoms with Gasteiger partial charge in [0.2, 0.25) is 0 Å². The van der Waals surface area contributed by atoms with Gasteiger partial charge in [0, 0.05) is 30.9 Å². The summed E-state index contributed by atoms with van der Waals surface area (Å²) >= 11 is 0. The number of anilines is 1. The smallest absolute Gasteiger partial charge is 0.362 e. The van der Waals surface area contributed by atoms with E-state index in [2.05, 4.69) is 37.9 Å². The third-order valence-electron chi connectivity index (χ3n) is 6.19. The minimum atomic E-state index is -4.26. The van der Waals surface area contributed by atoms with Crippen molar-refractivity contribution >= 4 is 24.4 Å². The second-order valence-electron chi connectivity index (χ2n) is 8.49. The molecule has 2 aliphatic rings. The summed E-state index contributed by atoms with van der Waals surface area (Å²) in [7, 11) is -4.26. The molecule has 3 heterocycles. The van der Waals surface area contributed by atoms with E-state index in [0.29, 0.717) is 23.5 Å². The normalized spacial score (nSPS) is 21.0. The van der Waals surface area contributed by atoms with Crippen molar-refractivity contribution < 1.29 is 19.1 Å². The zero-order valence-corrected chi connectivity index (χ0v) is 18.4. The van der Waals surface area contributed by atoms with E-state index < -0.39 is 13.9 Å². The van der Waals surface area contributed by atoms with E-state index in [1.165, 1.54) is 12.7 Å². The first-order valence-electron chi connectivity index (χ1n) is 10.7. The maximum absolute atomic E-state index is 11.2. The van der Waals surface area contributed by atoms with Gasteiger partial charge in [-0.05, 0) is 49.1 Å². The summed E-state index contributed by atoms with van der Waals surface area (Å²) in [5, 5.41) is 0.777. The van der Waals surface area contributed by atoms with Gasteiger partial charge in [0.15, 0.2) is 6.35 Å². The fourth-order valence-corrected chi connectivity index (χ4v) is 4.58. The number of likely N-dealkylation sites (tertiary alicyclic amines) is 1. The standard InChI is InChI=1S/C22H26N5O4P/c23-21-20-19(16-3-1-4-18(11-16)31-14-32(28,29)30)12-27(22(20)25-13-24-21)17-9-15(10-17)5-8-26-6-2-7-26/h1,3-5,8,11-13,15,17H,2,6-7,9-10,14H2,(H2,23,24,25)(H2,28,29,30)/b8-5+. The number of benzene rings is 1. The Hall–Kier alpha value is -2.87. The number of hydrogen-bond acceptors (Lipinski definition) is 6. The molecule has 0 bridgehead atoms. The highest BCUT2D eigenvalue weighted by Crippen LogP contribution is 2.44. The molecule has 2 fully saturated rings. The molecule has 0 radical (unpaired) electrons. The zero-order valence-electron chi connectivity index (χ0n) is 17.5. The van der Waals surface area contributed by atoms with Gasteiger partial charge in [-0.1, -0.05) is 18.2 Å². The van der Waals surface area contributed by atoms with Crippen LogP contribution >= 0.6 is 7.60 Å². The minimum Gasteiger partial charge on any atom is -0.481 e. The minimum absolute atomic E-state index is 0.334. The molecular weight excluding hydrogens is 429 g/mol. The van der Waals surface area contributed by atoms with Gasteiger partial charge in [0.05, 0.1) is 5.39 Å². The van der Waals surface area contributed by atoms with Crippen molar-refractivity contribution in [3.8, 4) is 16.9 Å². The number of nitrogens with two attached hydrogens (primary N) is 1. The van der Waals surface area contributed by atoms with Gasteiger partial charge in [-0.15, -0.1) is 0 Å². The third-order valence-corrected chi connectivity index (χ3v) is 6.65. The zero-order chi connectivity index (χ0) is 22.3. The Kier molecular flexibility index (Phi) is 5.41. The van der Waals surface area contributed by atoms with E-state index >= 15 is 0 Å². The number of nitrogen functional groups attached to an aromatic ring is 1. The topological polar surface area (TPSA) is 127 Å². The highest BCUT2D eigenvalue weighted by Gasteiger charge is 2.31. The van der Waals surface area contributed by atoms with Crippen molar-refractivity contribution in [2.75, 3.05) is 25.2 Å². The Balaban J connectivity index is 1.42. The summed E-state index contributed by atoms with van der Waals surface area (Å²) in [6, 6.07) is 7.45. The maximum atomic E-state index is 11.2. The molecule has 0 amide bonds. The van der Waals surface area contributed by atoms with Crippen molar-refractivity contribution in [1.82, 2.24) is 19.4 Å². The number of ether oxygens (including phenoxy) is 1. The van der Waals surface area contributed by atoms with Crippen LogP contribution in [0.1, 0.15) is 25.3 Å². The molecule has 5 rings (SSSR count). The summed E-state index contributed by atoms with van der Waals surface area (Å²) in [5.41, 5.74) is 8.73. The van der Waals surface area contributed by atoms with E-state index in [-0.39, 0.29) is 0 Å². The molecule has 10 heteroatoms. The van der Waals surface area contributed by atoms with E-state index in [0.717, 1.165) is 48.1 Å². The van der Waals surface area contributed by atoms with E-state index in [9.17, 15) is 4.57 Å². The Bertz CT molecular complexity index is 1210. The van der Waals surface area contributed by atoms with Crippen molar-refractivity contribution in [2.24, 2.45) is 5.92 Å². The second kappa shape index (κ2) is 8.24. The van der Waals surface area contributed by atoms with Crippen LogP contribution in [-0.4, -0.2) is 48.7 Å². The van der Waals surface area contributed by atoms with E-state index in [1.807, 2.05) is 6.07 Å². The summed E-state index contributed by atoms with van der Waals surface area (Å²) in [4.78, 5) is 29.2. The number of fused-ring (bicyclic) bond motifs is 1. The van der Waals surface area contributed by atoms with Crippen LogP contribution in [0.4, 0.5) is 5.82 Å². The van der Waals surface area contributed by atoms with Gasteiger partial charge >= 0.3 is 7.60 Å². The molecule has 3 aromatic rings. The summed E-state index contributed by atoms with van der Waals surface area (Å²) in [5.74, 6) is 1.34. The first-order valence-corrected chi connectivity index (χ1v) is 12.5. The van der Waals surface area contributed by atoms with Crippen LogP contribution in [0.15, 0.2) is 49.1 Å². The third kappa shape index (κ3) is 4.24. The molecule has 0 unspecified atom stereocenters. The molecule has 32 heavy (non-hydrogen) atoms. The van der Waals surface area contributed by atoms with Crippen LogP contribution in [0.2, 0.25) is 0 Å². The average Bonchev–Trinajstić information content (AvgIpc) is 3.07. The van der Waals surface area contributed by atoms with E-state index in [1.54, 1.807) is 18.2 Å². The van der Waals surface area contributed by atoms with Crippen molar-refractivity contribution in [3.05, 3.63) is 49.1 Å². The molecule has 4 N–H and O–H groups in total. The Labute approximate surface area is 185 Å². The number of nitrogens with zero attached hydrogens (tertiary/aromatic N) is 4. The van der Waals surface area contributed by atoms with Gasteiger partial charge in [0.25, 0.3) is 0 Å². The number of hydrogen-bond donors (Lipinski definition) is 3. The number of allylic oxidation sites excluding steroid dienone is 1. The second-order valence-corrected chi connectivity index (χ2v) is 10.1. The molecular formula is C22H26N5O4P. The molecule has 9 nitrogen and oxygen atoms in total. The van der Waals surface area contributed by atoms with Crippen molar-refractivity contribution in [3.63, 3.8) is 0 Å². The fraction of sp³-hybridized carbons (Fsp3) is 0.364. The van der Waals surface area contributed by atoms with Crippen LogP contribution in [0.3, 0.4) is 0 Å². The molecule has 1 aliphatic carbocycles. The Morgan fingerprint density at radius 1 is 1.25 bits per heavy atom. The van der Waals surface area contributed by atoms with Crippen LogP contribution < -0.4 is 10.5 Å². The number of aromatic nitrogens is 3. The lowest BCUT2D eigenvalue weighted by Gasteiger charge is -2.36. The maximum Gasteiger partial charge on any atom is 0.362 e. The molecule has 1 aliphatic heterocycles. The fourth-order valence-electron chi connectivity index (χ4n) is 4.26. The molecule has 2 aromatic heterocycles. The van der Waals surface area contributed by atoms with Crippen LogP contribution in [-0.2, 0) is 4.57 Å². The molecule has 168 valence electrons. The average molecular weight is 455 g/mol. The highest BCUT2D eigenvalue weighted by molar-refractivity contribution is 7.51. The lowest BCUT2D eigenvalue weighted by Crippen LogP contribution is -2.32. The molecule has 1 aromatic carbocycles. The first-order chi connectivity index (χ1) is 15.4. The van der Waals surface area contributed by atoms with Gasteiger partial charge < -0.3 is 29.7 Å². The lowest BCUT2D eigenvalue weighted by molar-refractivity contribution is 0.232. The van der Waals surface area contributed by atoms with Gasteiger partial charge in [-0.25, -0.2) is 9.97 Å². The predicted molar refractivity (Wildman–Crippen MR) is 122 cm³/mol. The highest BCUT2D eigenvalue weighted by atomic mass is 31.2. The largest absolute Gasteiger partial charge is 0.481 e. The van der Waals surface area contributed by atoms with Crippen molar-refractivity contribution in [2.45, 2.75) is 25.3 Å². The van der Waals surface area contributed by atoms with Crippen LogP contribution in [0.25, 0.3) is 22.2 Å². The Morgan fingerprint density at radius 2 is 2.06 bits per heavy atom. The van der Waals surface area contributed by atoms with Crippen LogP contribution in [0, 0.1) is 5.92 Å². The molecule has 0 atom stereocenters. The van der Waals surface area contributed by atoms with Crippen LogP contribution in [0.5, 0.6) is 5.75 Å². The summed E-state index contributed by atoms with van der Waals surface area (Å²) in [6.07, 6.45) is 10.8. The molecule has 0 spiro atoms. The SMILES string of the molecule is Nc1ncnc2c1c(-c1cccc(OCP(=O)(O)O)c1)cn2C1CC(/C=C/N2CCC2)C1. The van der Waals surface area contributed by atoms with Gasteiger partial charge in [0.1, 0.15) is 23.5 Å². The monoisotopic (exact) mass is 455 g/mol. The Morgan fingerprint density at radius 3 is 2.78 bits per heavy atom. The summed E-state index contributed by atoms with van der Waals surface area (Å²) < 4.78 is 18.6. The summed E-state index contributed by atoms with van der Waals surface area (Å²) in [6.45, 7) is 2.32. The number of rotatable bonds is 7. The quantitative estimate of drug-likeness (QED) is 0.463.